The standard InChI is InChI=1S/C13H27NO/c1-4-8-14-10-12-7-6-9-15-13(12)11(3)5-2/h11-14H,4-10H2,1-3H3. The highest BCUT2D eigenvalue weighted by Gasteiger charge is 2.29. The maximum atomic E-state index is 5.93. The number of ether oxygens (including phenoxy) is 1. The molecule has 2 heteroatoms. The summed E-state index contributed by atoms with van der Waals surface area (Å²) in [6, 6.07) is 0. The molecule has 0 aromatic carbocycles. The average Bonchev–Trinajstić information content (AvgIpc) is 2.29. The molecule has 1 N–H and O–H groups in total. The Kier molecular flexibility index (Phi) is 6.26. The van der Waals surface area contributed by atoms with E-state index in [0.717, 1.165) is 25.6 Å². The molecule has 1 saturated heterocycles. The normalized spacial score (nSPS) is 29.0. The Labute approximate surface area is 94.8 Å². The van der Waals surface area contributed by atoms with Crippen LogP contribution in [-0.2, 0) is 4.74 Å². The lowest BCUT2D eigenvalue weighted by Crippen LogP contribution is -2.40. The smallest absolute Gasteiger partial charge is 0.0640 e. The van der Waals surface area contributed by atoms with Gasteiger partial charge >= 0.3 is 0 Å². The van der Waals surface area contributed by atoms with Crippen molar-refractivity contribution in [3.63, 3.8) is 0 Å². The van der Waals surface area contributed by atoms with Gasteiger partial charge in [0.15, 0.2) is 0 Å². The van der Waals surface area contributed by atoms with E-state index in [2.05, 4.69) is 26.1 Å². The fraction of sp³-hybridized carbons (Fsp3) is 1.00. The molecule has 0 aliphatic carbocycles. The van der Waals surface area contributed by atoms with Crippen molar-refractivity contribution in [2.75, 3.05) is 19.7 Å². The van der Waals surface area contributed by atoms with E-state index in [0.29, 0.717) is 12.0 Å². The average molecular weight is 213 g/mol. The van der Waals surface area contributed by atoms with Crippen LogP contribution in [0.25, 0.3) is 0 Å². The molecule has 0 amide bonds. The monoisotopic (exact) mass is 213 g/mol. The van der Waals surface area contributed by atoms with Gasteiger partial charge in [-0.25, -0.2) is 0 Å². The molecule has 1 aliphatic rings. The highest BCUT2D eigenvalue weighted by Crippen LogP contribution is 2.27. The Bertz CT molecular complexity index is 161. The molecule has 0 aromatic rings. The summed E-state index contributed by atoms with van der Waals surface area (Å²) in [4.78, 5) is 0. The van der Waals surface area contributed by atoms with Crippen molar-refractivity contribution in [2.45, 2.75) is 52.6 Å². The van der Waals surface area contributed by atoms with E-state index in [1.807, 2.05) is 0 Å². The van der Waals surface area contributed by atoms with Crippen LogP contribution in [0.2, 0.25) is 0 Å². The quantitative estimate of drug-likeness (QED) is 0.685. The molecule has 0 spiro atoms. The lowest BCUT2D eigenvalue weighted by Gasteiger charge is -2.35. The summed E-state index contributed by atoms with van der Waals surface area (Å²) in [6.07, 6.45) is 5.53. The molecule has 1 fully saturated rings. The van der Waals surface area contributed by atoms with Gasteiger partial charge < -0.3 is 10.1 Å². The van der Waals surface area contributed by atoms with E-state index in [1.165, 1.54) is 25.7 Å². The first-order chi connectivity index (χ1) is 7.29. The van der Waals surface area contributed by atoms with Crippen molar-refractivity contribution in [1.82, 2.24) is 5.32 Å². The van der Waals surface area contributed by atoms with Gasteiger partial charge in [-0.3, -0.25) is 0 Å². The summed E-state index contributed by atoms with van der Waals surface area (Å²) in [5, 5.41) is 3.53. The molecular formula is C13H27NO. The largest absolute Gasteiger partial charge is 0.378 e. The first-order valence-corrected chi connectivity index (χ1v) is 6.61. The van der Waals surface area contributed by atoms with E-state index in [9.17, 15) is 0 Å². The van der Waals surface area contributed by atoms with Crippen molar-refractivity contribution in [3.05, 3.63) is 0 Å². The second-order valence-corrected chi connectivity index (χ2v) is 4.83. The van der Waals surface area contributed by atoms with Crippen LogP contribution in [0.1, 0.15) is 46.5 Å². The molecule has 0 bridgehead atoms. The molecule has 15 heavy (non-hydrogen) atoms. The van der Waals surface area contributed by atoms with Crippen LogP contribution in [0.3, 0.4) is 0 Å². The number of hydrogen-bond donors (Lipinski definition) is 1. The first kappa shape index (κ1) is 13.0. The van der Waals surface area contributed by atoms with Crippen LogP contribution in [0.4, 0.5) is 0 Å². The maximum absolute atomic E-state index is 5.93. The highest BCUT2D eigenvalue weighted by atomic mass is 16.5. The zero-order chi connectivity index (χ0) is 11.1. The van der Waals surface area contributed by atoms with Gasteiger partial charge in [-0.05, 0) is 37.6 Å². The van der Waals surface area contributed by atoms with Gasteiger partial charge in [0.25, 0.3) is 0 Å². The van der Waals surface area contributed by atoms with Gasteiger partial charge in [-0.15, -0.1) is 0 Å². The minimum Gasteiger partial charge on any atom is -0.378 e. The van der Waals surface area contributed by atoms with Gasteiger partial charge in [0.05, 0.1) is 6.10 Å². The third-order valence-electron chi connectivity index (χ3n) is 3.53. The van der Waals surface area contributed by atoms with Crippen LogP contribution in [0, 0.1) is 11.8 Å². The number of rotatable bonds is 6. The van der Waals surface area contributed by atoms with Gasteiger partial charge in [0, 0.05) is 13.2 Å². The third kappa shape index (κ3) is 4.12. The summed E-state index contributed by atoms with van der Waals surface area (Å²) >= 11 is 0. The molecule has 0 aromatic heterocycles. The Morgan fingerprint density at radius 1 is 1.40 bits per heavy atom. The SMILES string of the molecule is CCCNCC1CCCOC1C(C)CC. The van der Waals surface area contributed by atoms with Crippen LogP contribution in [0.15, 0.2) is 0 Å². The molecule has 1 heterocycles. The van der Waals surface area contributed by atoms with Crippen molar-refractivity contribution < 1.29 is 4.74 Å². The Hall–Kier alpha value is -0.0800. The predicted octanol–water partition coefficient (Wildman–Crippen LogP) is 2.83. The molecule has 3 unspecified atom stereocenters. The molecule has 1 aliphatic heterocycles. The summed E-state index contributed by atoms with van der Waals surface area (Å²) < 4.78 is 5.93. The zero-order valence-electron chi connectivity index (χ0n) is 10.6. The van der Waals surface area contributed by atoms with Crippen LogP contribution in [-0.4, -0.2) is 25.8 Å². The molecule has 0 radical (unpaired) electrons. The van der Waals surface area contributed by atoms with E-state index in [1.54, 1.807) is 0 Å². The lowest BCUT2D eigenvalue weighted by atomic mass is 9.85. The fourth-order valence-electron chi connectivity index (χ4n) is 2.41. The molecular weight excluding hydrogens is 186 g/mol. The predicted molar refractivity (Wildman–Crippen MR) is 65.1 cm³/mol. The lowest BCUT2D eigenvalue weighted by molar-refractivity contribution is -0.0563. The van der Waals surface area contributed by atoms with Crippen LogP contribution in [0.5, 0.6) is 0 Å². The van der Waals surface area contributed by atoms with Crippen molar-refractivity contribution >= 4 is 0 Å². The minimum absolute atomic E-state index is 0.494. The van der Waals surface area contributed by atoms with E-state index >= 15 is 0 Å². The molecule has 2 nitrogen and oxygen atoms in total. The second-order valence-electron chi connectivity index (χ2n) is 4.83. The first-order valence-electron chi connectivity index (χ1n) is 6.61. The van der Waals surface area contributed by atoms with Crippen molar-refractivity contribution in [1.29, 1.82) is 0 Å². The maximum Gasteiger partial charge on any atom is 0.0640 e. The molecule has 0 saturated carbocycles. The summed E-state index contributed by atoms with van der Waals surface area (Å²) in [7, 11) is 0. The summed E-state index contributed by atoms with van der Waals surface area (Å²) in [5.74, 6) is 1.44. The van der Waals surface area contributed by atoms with Crippen LogP contribution >= 0.6 is 0 Å². The second kappa shape index (κ2) is 7.24. The third-order valence-corrected chi connectivity index (χ3v) is 3.53. The van der Waals surface area contributed by atoms with E-state index in [-0.39, 0.29) is 0 Å². The molecule has 3 atom stereocenters. The number of nitrogens with one attached hydrogen (secondary N) is 1. The summed E-state index contributed by atoms with van der Waals surface area (Å²) in [5.41, 5.74) is 0. The highest BCUT2D eigenvalue weighted by molar-refractivity contribution is 4.79. The van der Waals surface area contributed by atoms with E-state index < -0.39 is 0 Å². The molecule has 90 valence electrons. The van der Waals surface area contributed by atoms with Gasteiger partial charge in [-0.1, -0.05) is 27.2 Å². The minimum atomic E-state index is 0.494. The van der Waals surface area contributed by atoms with Crippen molar-refractivity contribution in [2.24, 2.45) is 11.8 Å². The van der Waals surface area contributed by atoms with Gasteiger partial charge in [0.2, 0.25) is 0 Å². The van der Waals surface area contributed by atoms with Crippen LogP contribution < -0.4 is 5.32 Å². The Balaban J connectivity index is 2.35. The summed E-state index contributed by atoms with van der Waals surface area (Å²) in [6.45, 7) is 10.1. The van der Waals surface area contributed by atoms with Gasteiger partial charge in [0.1, 0.15) is 0 Å². The van der Waals surface area contributed by atoms with E-state index in [4.69, 9.17) is 4.74 Å². The Morgan fingerprint density at radius 3 is 2.87 bits per heavy atom. The topological polar surface area (TPSA) is 21.3 Å². The zero-order valence-corrected chi connectivity index (χ0v) is 10.6. The van der Waals surface area contributed by atoms with Crippen molar-refractivity contribution in [3.8, 4) is 0 Å². The fourth-order valence-corrected chi connectivity index (χ4v) is 2.41. The molecule has 1 rings (SSSR count). The number of hydrogen-bond acceptors (Lipinski definition) is 2. The van der Waals surface area contributed by atoms with Gasteiger partial charge in [-0.2, -0.15) is 0 Å². The Morgan fingerprint density at radius 2 is 2.20 bits per heavy atom.